The highest BCUT2D eigenvalue weighted by Gasteiger charge is 2.25. The first-order valence-electron chi connectivity index (χ1n) is 6.17. The molecule has 0 bridgehead atoms. The van der Waals surface area contributed by atoms with Crippen molar-refractivity contribution in [2.45, 2.75) is 57.7 Å². The Balaban J connectivity index is 1.87. The molecule has 0 spiro atoms. The van der Waals surface area contributed by atoms with Crippen molar-refractivity contribution in [2.24, 2.45) is 0 Å². The van der Waals surface area contributed by atoms with Crippen molar-refractivity contribution >= 4 is 0 Å². The minimum atomic E-state index is -0.221. The Morgan fingerprint density at radius 1 is 1.50 bits per heavy atom. The Morgan fingerprint density at radius 2 is 2.25 bits per heavy atom. The number of hydrogen-bond acceptors (Lipinski definition) is 2. The standard InChI is InChI=1S/C12H20N2O2/c1-2-11(15)4-3-7-13-8-9-14(12(13)16)10-5-6-10/h8-11,15H,2-7H2,1H3. The van der Waals surface area contributed by atoms with Gasteiger partial charge in [0.25, 0.3) is 0 Å². The summed E-state index contributed by atoms with van der Waals surface area (Å²) < 4.78 is 3.58. The molecular formula is C12H20N2O2. The van der Waals surface area contributed by atoms with Crippen LogP contribution >= 0.6 is 0 Å². The molecule has 1 saturated carbocycles. The largest absolute Gasteiger partial charge is 0.393 e. The van der Waals surface area contributed by atoms with Crippen LogP contribution in [0.2, 0.25) is 0 Å². The average Bonchev–Trinajstić information content (AvgIpc) is 3.05. The van der Waals surface area contributed by atoms with Gasteiger partial charge in [-0.05, 0) is 32.1 Å². The predicted molar refractivity (Wildman–Crippen MR) is 62.5 cm³/mol. The summed E-state index contributed by atoms with van der Waals surface area (Å²) in [7, 11) is 0. The Labute approximate surface area is 95.5 Å². The van der Waals surface area contributed by atoms with Gasteiger partial charge in [-0.3, -0.25) is 9.13 Å². The lowest BCUT2D eigenvalue weighted by Crippen LogP contribution is -2.23. The van der Waals surface area contributed by atoms with E-state index in [4.69, 9.17) is 0 Å². The summed E-state index contributed by atoms with van der Waals surface area (Å²) in [5, 5.41) is 9.42. The second-order valence-electron chi connectivity index (χ2n) is 4.62. The van der Waals surface area contributed by atoms with Gasteiger partial charge in [-0.1, -0.05) is 6.92 Å². The molecule has 0 amide bonds. The fraction of sp³-hybridized carbons (Fsp3) is 0.750. The smallest absolute Gasteiger partial charge is 0.328 e. The SMILES string of the molecule is CCC(O)CCCn1ccn(C2CC2)c1=O. The first kappa shape index (κ1) is 11.5. The van der Waals surface area contributed by atoms with Crippen molar-refractivity contribution in [3.63, 3.8) is 0 Å². The van der Waals surface area contributed by atoms with E-state index < -0.39 is 0 Å². The zero-order valence-corrected chi connectivity index (χ0v) is 9.80. The summed E-state index contributed by atoms with van der Waals surface area (Å²) in [6, 6.07) is 0.454. The van der Waals surface area contributed by atoms with E-state index in [0.717, 1.165) is 38.6 Å². The Morgan fingerprint density at radius 3 is 2.88 bits per heavy atom. The van der Waals surface area contributed by atoms with E-state index >= 15 is 0 Å². The van der Waals surface area contributed by atoms with Crippen LogP contribution in [-0.4, -0.2) is 20.3 Å². The molecule has 0 saturated heterocycles. The molecule has 0 radical (unpaired) electrons. The zero-order chi connectivity index (χ0) is 11.5. The van der Waals surface area contributed by atoms with Crippen LogP contribution < -0.4 is 5.69 Å². The summed E-state index contributed by atoms with van der Waals surface area (Å²) in [6.07, 6.45) is 8.23. The minimum Gasteiger partial charge on any atom is -0.393 e. The highest BCUT2D eigenvalue weighted by molar-refractivity contribution is 4.91. The van der Waals surface area contributed by atoms with Crippen molar-refractivity contribution in [3.8, 4) is 0 Å². The van der Waals surface area contributed by atoms with Gasteiger partial charge in [-0.25, -0.2) is 4.79 Å². The number of nitrogens with zero attached hydrogens (tertiary/aromatic N) is 2. The molecule has 90 valence electrons. The molecule has 1 fully saturated rings. The van der Waals surface area contributed by atoms with Gasteiger partial charge < -0.3 is 5.11 Å². The minimum absolute atomic E-state index is 0.105. The second kappa shape index (κ2) is 4.87. The highest BCUT2D eigenvalue weighted by Crippen LogP contribution is 2.33. The Hall–Kier alpha value is -1.03. The molecular weight excluding hydrogens is 204 g/mol. The molecule has 1 heterocycles. The van der Waals surface area contributed by atoms with Gasteiger partial charge in [0.05, 0.1) is 6.10 Å². The third-order valence-electron chi connectivity index (χ3n) is 3.22. The molecule has 16 heavy (non-hydrogen) atoms. The van der Waals surface area contributed by atoms with Crippen LogP contribution in [0.4, 0.5) is 0 Å². The summed E-state index contributed by atoms with van der Waals surface area (Å²) >= 11 is 0. The van der Waals surface area contributed by atoms with Crippen LogP contribution in [0.15, 0.2) is 17.2 Å². The van der Waals surface area contributed by atoms with Crippen LogP contribution in [0.5, 0.6) is 0 Å². The van der Waals surface area contributed by atoms with Crippen molar-refractivity contribution in [1.82, 2.24) is 9.13 Å². The number of rotatable bonds is 6. The lowest BCUT2D eigenvalue weighted by Gasteiger charge is -2.06. The average molecular weight is 224 g/mol. The number of hydrogen-bond donors (Lipinski definition) is 1. The monoisotopic (exact) mass is 224 g/mol. The second-order valence-corrected chi connectivity index (χ2v) is 4.62. The van der Waals surface area contributed by atoms with E-state index in [9.17, 15) is 9.90 Å². The van der Waals surface area contributed by atoms with Gasteiger partial charge in [-0.15, -0.1) is 0 Å². The molecule has 0 aromatic carbocycles. The molecule has 1 aromatic heterocycles. The molecule has 1 unspecified atom stereocenters. The molecule has 2 rings (SSSR count). The number of imidazole rings is 1. The van der Waals surface area contributed by atoms with Crippen LogP contribution in [-0.2, 0) is 6.54 Å². The van der Waals surface area contributed by atoms with E-state index in [1.54, 1.807) is 4.57 Å². The maximum Gasteiger partial charge on any atom is 0.328 e. The van der Waals surface area contributed by atoms with Crippen LogP contribution in [0, 0.1) is 0 Å². The topological polar surface area (TPSA) is 47.2 Å². The first-order chi connectivity index (χ1) is 7.72. The molecule has 4 heteroatoms. The molecule has 1 aliphatic rings. The van der Waals surface area contributed by atoms with Crippen molar-refractivity contribution in [3.05, 3.63) is 22.9 Å². The van der Waals surface area contributed by atoms with Gasteiger partial charge >= 0.3 is 5.69 Å². The van der Waals surface area contributed by atoms with E-state index in [2.05, 4.69) is 0 Å². The normalized spacial score (nSPS) is 17.6. The van der Waals surface area contributed by atoms with E-state index in [1.807, 2.05) is 23.9 Å². The number of aliphatic hydroxyl groups is 1. The maximum absolute atomic E-state index is 11.9. The number of aliphatic hydroxyl groups excluding tert-OH is 1. The van der Waals surface area contributed by atoms with Gasteiger partial charge in [0, 0.05) is 25.0 Å². The van der Waals surface area contributed by atoms with Gasteiger partial charge in [-0.2, -0.15) is 0 Å². The zero-order valence-electron chi connectivity index (χ0n) is 9.80. The van der Waals surface area contributed by atoms with Crippen molar-refractivity contribution < 1.29 is 5.11 Å². The molecule has 1 atom stereocenters. The quantitative estimate of drug-likeness (QED) is 0.796. The third-order valence-corrected chi connectivity index (χ3v) is 3.22. The van der Waals surface area contributed by atoms with Crippen LogP contribution in [0.3, 0.4) is 0 Å². The first-order valence-corrected chi connectivity index (χ1v) is 6.17. The van der Waals surface area contributed by atoms with Crippen LogP contribution in [0.1, 0.15) is 45.1 Å². The molecule has 1 N–H and O–H groups in total. The predicted octanol–water partition coefficient (Wildman–Crippen LogP) is 1.54. The summed E-state index contributed by atoms with van der Waals surface area (Å²) in [5.41, 5.74) is 0.105. The van der Waals surface area contributed by atoms with E-state index in [-0.39, 0.29) is 11.8 Å². The van der Waals surface area contributed by atoms with E-state index in [0.29, 0.717) is 6.04 Å². The third kappa shape index (κ3) is 2.55. The highest BCUT2D eigenvalue weighted by atomic mass is 16.3. The number of aryl methyl sites for hydroxylation is 1. The molecule has 0 aliphatic heterocycles. The summed E-state index contributed by atoms with van der Waals surface area (Å²) in [6.45, 7) is 2.69. The summed E-state index contributed by atoms with van der Waals surface area (Å²) in [5.74, 6) is 0. The molecule has 1 aromatic rings. The van der Waals surface area contributed by atoms with Crippen LogP contribution in [0.25, 0.3) is 0 Å². The Kier molecular flexibility index (Phi) is 3.49. The molecule has 1 aliphatic carbocycles. The molecule has 4 nitrogen and oxygen atoms in total. The van der Waals surface area contributed by atoms with Crippen molar-refractivity contribution in [1.29, 1.82) is 0 Å². The van der Waals surface area contributed by atoms with Gasteiger partial charge in [0.1, 0.15) is 0 Å². The van der Waals surface area contributed by atoms with Crippen molar-refractivity contribution in [2.75, 3.05) is 0 Å². The lowest BCUT2D eigenvalue weighted by molar-refractivity contribution is 0.155. The van der Waals surface area contributed by atoms with Gasteiger partial charge in [0.15, 0.2) is 0 Å². The fourth-order valence-electron chi connectivity index (χ4n) is 1.93. The Bertz CT molecular complexity index is 390. The van der Waals surface area contributed by atoms with Gasteiger partial charge in [0.2, 0.25) is 0 Å². The summed E-state index contributed by atoms with van der Waals surface area (Å²) in [4.78, 5) is 11.9. The number of aromatic nitrogens is 2. The maximum atomic E-state index is 11.9. The lowest BCUT2D eigenvalue weighted by atomic mass is 10.1. The fourth-order valence-corrected chi connectivity index (χ4v) is 1.93. The van der Waals surface area contributed by atoms with E-state index in [1.165, 1.54) is 0 Å².